The summed E-state index contributed by atoms with van der Waals surface area (Å²) in [6, 6.07) is -0.201. The van der Waals surface area contributed by atoms with E-state index in [1.807, 2.05) is 0 Å². The number of rotatable bonds is 4. The van der Waals surface area contributed by atoms with Gasteiger partial charge in [0.2, 0.25) is 5.91 Å². The third kappa shape index (κ3) is 4.07. The Morgan fingerprint density at radius 3 is 2.60 bits per heavy atom. The lowest BCUT2D eigenvalue weighted by Crippen LogP contribution is -2.29. The summed E-state index contributed by atoms with van der Waals surface area (Å²) in [5.74, 6) is -0.0259. The summed E-state index contributed by atoms with van der Waals surface area (Å²) in [6.07, 6.45) is -4.36. The second-order valence-corrected chi connectivity index (χ2v) is 3.76. The molecule has 1 fully saturated rings. The van der Waals surface area contributed by atoms with Gasteiger partial charge in [0.15, 0.2) is 0 Å². The van der Waals surface area contributed by atoms with E-state index in [1.54, 1.807) is 11.8 Å². The van der Waals surface area contributed by atoms with Gasteiger partial charge in [-0.25, -0.2) is 0 Å². The highest BCUT2D eigenvalue weighted by atomic mass is 19.4. The minimum absolute atomic E-state index is 0.0259. The van der Waals surface area contributed by atoms with Crippen LogP contribution in [0.5, 0.6) is 0 Å². The van der Waals surface area contributed by atoms with Crippen molar-refractivity contribution in [3.63, 3.8) is 0 Å². The molecule has 1 amide bonds. The first-order chi connectivity index (χ1) is 6.90. The molecule has 1 rings (SSSR count). The first-order valence-electron chi connectivity index (χ1n) is 4.99. The number of halogens is 3. The zero-order valence-electron chi connectivity index (χ0n) is 8.60. The van der Waals surface area contributed by atoms with Crippen LogP contribution >= 0.6 is 0 Å². The van der Waals surface area contributed by atoms with Crippen molar-refractivity contribution in [3.05, 3.63) is 0 Å². The third-order valence-corrected chi connectivity index (χ3v) is 2.41. The lowest BCUT2D eigenvalue weighted by atomic mass is 10.2. The van der Waals surface area contributed by atoms with Crippen LogP contribution in [0.25, 0.3) is 0 Å². The largest absolute Gasteiger partial charge is 0.389 e. The predicted molar refractivity (Wildman–Crippen MR) is 49.1 cm³/mol. The molecule has 1 aliphatic rings. The van der Waals surface area contributed by atoms with Gasteiger partial charge in [-0.05, 0) is 19.8 Å². The van der Waals surface area contributed by atoms with E-state index in [1.165, 1.54) is 0 Å². The Bertz CT molecular complexity index is 230. The Morgan fingerprint density at radius 1 is 1.47 bits per heavy atom. The summed E-state index contributed by atoms with van der Waals surface area (Å²) in [4.78, 5) is 12.9. The molecule has 1 aliphatic heterocycles. The fraction of sp³-hybridized carbons (Fsp3) is 0.889. The highest BCUT2D eigenvalue weighted by Crippen LogP contribution is 2.22. The monoisotopic (exact) mass is 224 g/mol. The van der Waals surface area contributed by atoms with Gasteiger partial charge in [0.05, 0.1) is 12.7 Å². The van der Waals surface area contributed by atoms with Crippen molar-refractivity contribution >= 4 is 5.91 Å². The van der Waals surface area contributed by atoms with Gasteiger partial charge in [0, 0.05) is 13.0 Å². The zero-order chi connectivity index (χ0) is 11.5. The fourth-order valence-electron chi connectivity index (χ4n) is 1.50. The second kappa shape index (κ2) is 4.83. The number of hydrogen-bond donors (Lipinski definition) is 1. The molecule has 0 aromatic heterocycles. The molecular weight excluding hydrogens is 209 g/mol. The van der Waals surface area contributed by atoms with Crippen LogP contribution in [0.15, 0.2) is 0 Å². The number of hydrogen-bond acceptors (Lipinski definition) is 2. The molecule has 3 nitrogen and oxygen atoms in total. The van der Waals surface area contributed by atoms with Gasteiger partial charge < -0.3 is 4.90 Å². The quantitative estimate of drug-likeness (QED) is 0.734. The number of carbonyl (C=O) groups is 1. The van der Waals surface area contributed by atoms with Crippen molar-refractivity contribution in [3.8, 4) is 0 Å². The van der Waals surface area contributed by atoms with Gasteiger partial charge in [-0.2, -0.15) is 13.2 Å². The van der Waals surface area contributed by atoms with Crippen LogP contribution in [0, 0.1) is 0 Å². The van der Waals surface area contributed by atoms with E-state index in [0.29, 0.717) is 19.6 Å². The molecule has 88 valence electrons. The van der Waals surface area contributed by atoms with Crippen LogP contribution in [0.4, 0.5) is 13.2 Å². The number of alkyl halides is 3. The molecule has 1 N–H and O–H groups in total. The van der Waals surface area contributed by atoms with Gasteiger partial charge in [0.25, 0.3) is 0 Å². The van der Waals surface area contributed by atoms with E-state index >= 15 is 0 Å². The minimum Gasteiger partial charge on any atom is -0.329 e. The van der Waals surface area contributed by atoms with Gasteiger partial charge in [-0.15, -0.1) is 0 Å². The Labute approximate surface area is 86.6 Å². The maximum absolute atomic E-state index is 11.8. The first kappa shape index (κ1) is 12.3. The molecule has 0 aliphatic carbocycles. The zero-order valence-corrected chi connectivity index (χ0v) is 8.60. The Balaban J connectivity index is 2.14. The molecule has 1 heterocycles. The molecule has 1 atom stereocenters. The van der Waals surface area contributed by atoms with Crippen molar-refractivity contribution < 1.29 is 18.0 Å². The first-order valence-corrected chi connectivity index (χ1v) is 4.99. The van der Waals surface area contributed by atoms with Crippen molar-refractivity contribution in [1.82, 2.24) is 10.2 Å². The molecule has 0 radical (unpaired) electrons. The van der Waals surface area contributed by atoms with E-state index in [0.717, 1.165) is 0 Å². The number of amides is 1. The third-order valence-electron chi connectivity index (χ3n) is 2.41. The standard InChI is InChI=1S/C9H15F3N2O/c1-7-8(15)14(6-13-7)5-3-2-4-9(10,11)12/h7,13H,2-6H2,1H3. The Morgan fingerprint density at radius 2 is 2.13 bits per heavy atom. The molecule has 0 bridgehead atoms. The van der Waals surface area contributed by atoms with E-state index in [9.17, 15) is 18.0 Å². The van der Waals surface area contributed by atoms with Gasteiger partial charge in [0.1, 0.15) is 0 Å². The highest BCUT2D eigenvalue weighted by Gasteiger charge is 2.28. The van der Waals surface area contributed by atoms with Crippen molar-refractivity contribution in [2.75, 3.05) is 13.2 Å². The summed E-state index contributed by atoms with van der Waals surface area (Å²) in [6.45, 7) is 2.61. The predicted octanol–water partition coefficient (Wildman–Crippen LogP) is 1.50. The summed E-state index contributed by atoms with van der Waals surface area (Å²) in [5.41, 5.74) is 0. The molecule has 1 saturated heterocycles. The fourth-order valence-corrected chi connectivity index (χ4v) is 1.50. The lowest BCUT2D eigenvalue weighted by Gasteiger charge is -2.14. The average molecular weight is 224 g/mol. The van der Waals surface area contributed by atoms with Crippen molar-refractivity contribution in [2.45, 2.75) is 38.4 Å². The van der Waals surface area contributed by atoms with Gasteiger partial charge in [-0.3, -0.25) is 10.1 Å². The molecule has 0 aromatic rings. The molecular formula is C9H15F3N2O. The van der Waals surface area contributed by atoms with E-state index in [4.69, 9.17) is 0 Å². The van der Waals surface area contributed by atoms with Crippen molar-refractivity contribution in [2.24, 2.45) is 0 Å². The molecule has 1 unspecified atom stereocenters. The smallest absolute Gasteiger partial charge is 0.329 e. The van der Waals surface area contributed by atoms with Crippen LogP contribution in [0.3, 0.4) is 0 Å². The molecule has 6 heteroatoms. The average Bonchev–Trinajstić information content (AvgIpc) is 2.42. The SMILES string of the molecule is CC1NCN(CCCCC(F)(F)F)C1=O. The van der Waals surface area contributed by atoms with Crippen LogP contribution in [0.2, 0.25) is 0 Å². The maximum atomic E-state index is 11.8. The van der Waals surface area contributed by atoms with E-state index < -0.39 is 12.6 Å². The topological polar surface area (TPSA) is 32.3 Å². The number of carbonyl (C=O) groups excluding carboxylic acids is 1. The Hall–Kier alpha value is -0.780. The molecule has 0 aromatic carbocycles. The van der Waals surface area contributed by atoms with Crippen LogP contribution < -0.4 is 5.32 Å². The second-order valence-electron chi connectivity index (χ2n) is 3.76. The lowest BCUT2D eigenvalue weighted by molar-refractivity contribution is -0.136. The normalized spacial score (nSPS) is 22.5. The summed E-state index contributed by atoms with van der Waals surface area (Å²) in [7, 11) is 0. The number of nitrogens with one attached hydrogen (secondary N) is 1. The number of unbranched alkanes of at least 4 members (excludes halogenated alkanes) is 1. The van der Waals surface area contributed by atoms with Crippen LogP contribution in [-0.2, 0) is 4.79 Å². The minimum atomic E-state index is -4.08. The molecule has 15 heavy (non-hydrogen) atoms. The van der Waals surface area contributed by atoms with E-state index in [-0.39, 0.29) is 18.4 Å². The summed E-state index contributed by atoms with van der Waals surface area (Å²) >= 11 is 0. The number of nitrogens with zero attached hydrogens (tertiary/aromatic N) is 1. The van der Waals surface area contributed by atoms with Crippen molar-refractivity contribution in [1.29, 1.82) is 0 Å². The molecule has 0 spiro atoms. The van der Waals surface area contributed by atoms with Crippen LogP contribution in [-0.4, -0.2) is 36.2 Å². The van der Waals surface area contributed by atoms with Gasteiger partial charge in [-0.1, -0.05) is 0 Å². The van der Waals surface area contributed by atoms with E-state index in [2.05, 4.69) is 5.32 Å². The Kier molecular flexibility index (Phi) is 3.96. The summed E-state index contributed by atoms with van der Waals surface area (Å²) in [5, 5.41) is 2.93. The molecule has 0 saturated carbocycles. The van der Waals surface area contributed by atoms with Gasteiger partial charge >= 0.3 is 6.18 Å². The summed E-state index contributed by atoms with van der Waals surface area (Å²) < 4.78 is 35.4. The van der Waals surface area contributed by atoms with Crippen LogP contribution in [0.1, 0.15) is 26.2 Å². The maximum Gasteiger partial charge on any atom is 0.389 e. The highest BCUT2D eigenvalue weighted by molar-refractivity contribution is 5.83.